The predicted molar refractivity (Wildman–Crippen MR) is 92.2 cm³/mol. The molecule has 128 valence electrons. The number of ether oxygens (including phenoxy) is 1. The summed E-state index contributed by atoms with van der Waals surface area (Å²) >= 11 is 0. The number of fused-ring (bicyclic) bond motifs is 1. The quantitative estimate of drug-likeness (QED) is 0.500. The largest absolute Gasteiger partial charge is 0.495 e. The van der Waals surface area contributed by atoms with Crippen LogP contribution in [0.4, 0.5) is 10.1 Å². The molecule has 1 atom stereocenters. The minimum atomic E-state index is -0.750. The van der Waals surface area contributed by atoms with Crippen molar-refractivity contribution in [3.8, 4) is 17.6 Å². The molecule has 0 radical (unpaired) electrons. The number of carbonyl (C=O) groups is 1. The lowest BCUT2D eigenvalue weighted by Gasteiger charge is -2.04. The van der Waals surface area contributed by atoms with Crippen LogP contribution in [-0.2, 0) is 4.79 Å². The van der Waals surface area contributed by atoms with Gasteiger partial charge in [0.05, 0.1) is 36.7 Å². The van der Waals surface area contributed by atoms with Crippen LogP contribution in [-0.4, -0.2) is 35.8 Å². The normalized spacial score (nSPS) is 15.4. The zero-order valence-corrected chi connectivity index (χ0v) is 13.4. The fourth-order valence-corrected chi connectivity index (χ4v) is 2.55. The second kappa shape index (κ2) is 6.81. The standard InChI is InChI=1S/C18H16FN3O3/c1-25-16-4-5-21-14(16)8-13-17-10(2-3-12(20)9-23)6-11(19)7-15(17)22-18(13)24/h4-8,12,21,23H,9,20H2,1H3,(H,22,24)/b13-8-/t12-/m0/s1. The van der Waals surface area contributed by atoms with Gasteiger partial charge in [0, 0.05) is 17.3 Å². The van der Waals surface area contributed by atoms with Crippen LogP contribution >= 0.6 is 0 Å². The van der Waals surface area contributed by atoms with Crippen molar-refractivity contribution in [3.63, 3.8) is 0 Å². The number of aromatic amines is 1. The van der Waals surface area contributed by atoms with Crippen molar-refractivity contribution in [2.45, 2.75) is 6.04 Å². The van der Waals surface area contributed by atoms with Crippen molar-refractivity contribution < 1.29 is 19.0 Å². The molecule has 1 aliphatic heterocycles. The van der Waals surface area contributed by atoms with E-state index in [1.165, 1.54) is 19.2 Å². The molecule has 7 heteroatoms. The van der Waals surface area contributed by atoms with Gasteiger partial charge in [-0.25, -0.2) is 4.39 Å². The van der Waals surface area contributed by atoms with Crippen LogP contribution in [0.5, 0.6) is 5.75 Å². The van der Waals surface area contributed by atoms with E-state index in [2.05, 4.69) is 22.1 Å². The van der Waals surface area contributed by atoms with Crippen molar-refractivity contribution >= 4 is 23.2 Å². The van der Waals surface area contributed by atoms with Gasteiger partial charge in [-0.2, -0.15) is 0 Å². The minimum Gasteiger partial charge on any atom is -0.495 e. The smallest absolute Gasteiger partial charge is 0.256 e. The molecule has 0 bridgehead atoms. The molecule has 1 amide bonds. The summed E-state index contributed by atoms with van der Waals surface area (Å²) in [5.74, 6) is 5.06. The zero-order chi connectivity index (χ0) is 18.0. The number of halogens is 1. The Morgan fingerprint density at radius 1 is 1.48 bits per heavy atom. The number of nitrogens with two attached hydrogens (primary N) is 1. The highest BCUT2D eigenvalue weighted by Gasteiger charge is 2.28. The summed E-state index contributed by atoms with van der Waals surface area (Å²) in [6.07, 6.45) is 3.31. The van der Waals surface area contributed by atoms with Crippen LogP contribution in [0.2, 0.25) is 0 Å². The van der Waals surface area contributed by atoms with Gasteiger partial charge in [-0.05, 0) is 24.3 Å². The Hall–Kier alpha value is -3.08. The molecule has 0 fully saturated rings. The second-order valence-corrected chi connectivity index (χ2v) is 5.41. The Morgan fingerprint density at radius 2 is 2.28 bits per heavy atom. The molecule has 2 aromatic rings. The number of anilines is 1. The van der Waals surface area contributed by atoms with Gasteiger partial charge in [0.25, 0.3) is 5.91 Å². The number of benzene rings is 1. The first-order chi connectivity index (χ1) is 12.0. The van der Waals surface area contributed by atoms with Gasteiger partial charge < -0.3 is 25.9 Å². The summed E-state index contributed by atoms with van der Waals surface area (Å²) in [5, 5.41) is 11.6. The van der Waals surface area contributed by atoms with Crippen LogP contribution in [0.25, 0.3) is 11.6 Å². The van der Waals surface area contributed by atoms with Gasteiger partial charge in [0.2, 0.25) is 0 Å². The lowest BCUT2D eigenvalue weighted by Crippen LogP contribution is -2.21. The van der Waals surface area contributed by atoms with E-state index in [9.17, 15) is 9.18 Å². The van der Waals surface area contributed by atoms with E-state index >= 15 is 0 Å². The third kappa shape index (κ3) is 3.26. The maximum atomic E-state index is 13.8. The summed E-state index contributed by atoms with van der Waals surface area (Å²) in [6, 6.07) is 3.44. The number of H-pyrrole nitrogens is 1. The van der Waals surface area contributed by atoms with Crippen molar-refractivity contribution in [1.29, 1.82) is 0 Å². The van der Waals surface area contributed by atoms with E-state index in [4.69, 9.17) is 15.6 Å². The SMILES string of the molecule is COc1cc[nH]c1/C=C1\C(=O)Nc2cc(F)cc(C#C[C@H](N)CO)c21. The molecular weight excluding hydrogens is 325 g/mol. The summed E-state index contributed by atoms with van der Waals surface area (Å²) in [6.45, 7) is -0.315. The number of amides is 1. The maximum absolute atomic E-state index is 13.8. The molecular formula is C18H16FN3O3. The Balaban J connectivity index is 2.14. The highest BCUT2D eigenvalue weighted by atomic mass is 19.1. The predicted octanol–water partition coefficient (Wildman–Crippen LogP) is 1.33. The van der Waals surface area contributed by atoms with Crippen LogP contribution in [0.1, 0.15) is 16.8 Å². The van der Waals surface area contributed by atoms with Crippen LogP contribution in [0.3, 0.4) is 0 Å². The maximum Gasteiger partial charge on any atom is 0.256 e. The molecule has 3 rings (SSSR count). The Kier molecular flexibility index (Phi) is 4.57. The van der Waals surface area contributed by atoms with E-state index in [-0.39, 0.29) is 12.5 Å². The molecule has 25 heavy (non-hydrogen) atoms. The highest BCUT2D eigenvalue weighted by Crippen LogP contribution is 2.37. The molecule has 0 aliphatic carbocycles. The molecule has 1 aromatic heterocycles. The third-order valence-electron chi connectivity index (χ3n) is 3.70. The first-order valence-electron chi connectivity index (χ1n) is 7.49. The number of rotatable bonds is 3. The van der Waals surface area contributed by atoms with Crippen molar-refractivity contribution in [1.82, 2.24) is 4.98 Å². The van der Waals surface area contributed by atoms with Gasteiger partial charge >= 0.3 is 0 Å². The summed E-state index contributed by atoms with van der Waals surface area (Å²) in [4.78, 5) is 15.3. The second-order valence-electron chi connectivity index (χ2n) is 5.41. The van der Waals surface area contributed by atoms with Crippen molar-refractivity contribution in [2.24, 2.45) is 5.73 Å². The van der Waals surface area contributed by atoms with Gasteiger partial charge in [-0.15, -0.1) is 0 Å². The first-order valence-corrected chi connectivity index (χ1v) is 7.49. The molecule has 0 saturated carbocycles. The van der Waals surface area contributed by atoms with Crippen LogP contribution in [0.15, 0.2) is 24.4 Å². The van der Waals surface area contributed by atoms with E-state index in [0.29, 0.717) is 33.8 Å². The van der Waals surface area contributed by atoms with Gasteiger partial charge in [0.1, 0.15) is 11.6 Å². The van der Waals surface area contributed by atoms with Gasteiger partial charge in [-0.3, -0.25) is 4.79 Å². The Morgan fingerprint density at radius 3 is 3.00 bits per heavy atom. The third-order valence-corrected chi connectivity index (χ3v) is 3.70. The first kappa shape index (κ1) is 16.8. The van der Waals surface area contributed by atoms with E-state index in [1.54, 1.807) is 18.3 Å². The van der Waals surface area contributed by atoms with Crippen molar-refractivity contribution in [3.05, 3.63) is 47.0 Å². The fraction of sp³-hybridized carbons (Fsp3) is 0.167. The van der Waals surface area contributed by atoms with Crippen LogP contribution < -0.4 is 15.8 Å². The van der Waals surface area contributed by atoms with Crippen molar-refractivity contribution in [2.75, 3.05) is 19.0 Å². The number of aromatic nitrogens is 1. The Bertz CT molecular complexity index is 921. The van der Waals surface area contributed by atoms with Crippen LogP contribution in [0, 0.1) is 17.7 Å². The lowest BCUT2D eigenvalue weighted by atomic mass is 9.99. The van der Waals surface area contributed by atoms with E-state index < -0.39 is 11.9 Å². The number of carbonyl (C=O) groups excluding carboxylic acids is 1. The number of nitrogens with one attached hydrogen (secondary N) is 2. The molecule has 0 spiro atoms. The summed E-state index contributed by atoms with van der Waals surface area (Å²) in [5.41, 5.74) is 7.65. The average Bonchev–Trinajstić information content (AvgIpc) is 3.16. The molecule has 1 aromatic carbocycles. The molecule has 1 aliphatic rings. The van der Waals surface area contributed by atoms with E-state index in [0.717, 1.165) is 0 Å². The lowest BCUT2D eigenvalue weighted by molar-refractivity contribution is -0.110. The minimum absolute atomic E-state index is 0.314. The number of methoxy groups -OCH3 is 1. The topological polar surface area (TPSA) is 100 Å². The Labute approximate surface area is 143 Å². The monoisotopic (exact) mass is 341 g/mol. The highest BCUT2D eigenvalue weighted by molar-refractivity contribution is 6.35. The molecule has 6 nitrogen and oxygen atoms in total. The number of aliphatic hydroxyl groups excluding tert-OH is 1. The molecule has 2 heterocycles. The summed E-state index contributed by atoms with van der Waals surface area (Å²) < 4.78 is 19.1. The van der Waals surface area contributed by atoms with Gasteiger partial charge in [0.15, 0.2) is 0 Å². The number of hydrogen-bond acceptors (Lipinski definition) is 4. The molecule has 0 saturated heterocycles. The van der Waals surface area contributed by atoms with E-state index in [1.807, 2.05) is 0 Å². The molecule has 5 N–H and O–H groups in total. The zero-order valence-electron chi connectivity index (χ0n) is 13.4. The number of aliphatic hydroxyl groups is 1. The average molecular weight is 341 g/mol. The summed E-state index contributed by atoms with van der Waals surface area (Å²) in [7, 11) is 1.52. The molecule has 0 unspecified atom stereocenters. The number of hydrogen-bond donors (Lipinski definition) is 4. The fourth-order valence-electron chi connectivity index (χ4n) is 2.55. The van der Waals surface area contributed by atoms with Gasteiger partial charge in [-0.1, -0.05) is 11.8 Å².